The molecule has 1 N–H and O–H groups in total. The lowest BCUT2D eigenvalue weighted by Gasteiger charge is -2.42. The first kappa shape index (κ1) is 23.2. The molecule has 1 aromatic heterocycles. The average molecular weight is 482 g/mol. The molecular formula is C26H32ClN5O2. The maximum atomic E-state index is 12.9. The maximum Gasteiger partial charge on any atom is 0.258 e. The zero-order valence-electron chi connectivity index (χ0n) is 19.9. The van der Waals surface area contributed by atoms with Crippen LogP contribution in [0.15, 0.2) is 24.5 Å². The van der Waals surface area contributed by atoms with Gasteiger partial charge in [0.2, 0.25) is 5.91 Å². The molecule has 2 saturated heterocycles. The van der Waals surface area contributed by atoms with Crippen molar-refractivity contribution in [1.29, 1.82) is 0 Å². The summed E-state index contributed by atoms with van der Waals surface area (Å²) < 4.78 is 0. The molecule has 3 heterocycles. The van der Waals surface area contributed by atoms with Crippen molar-refractivity contribution in [2.45, 2.75) is 71.0 Å². The van der Waals surface area contributed by atoms with Gasteiger partial charge in [-0.05, 0) is 68.7 Å². The van der Waals surface area contributed by atoms with E-state index in [1.807, 2.05) is 13.0 Å². The minimum absolute atomic E-state index is 0.257. The molecule has 2 bridgehead atoms. The average Bonchev–Trinajstić information content (AvgIpc) is 3.05. The quantitative estimate of drug-likeness (QED) is 0.663. The number of aromatic nitrogens is 2. The summed E-state index contributed by atoms with van der Waals surface area (Å²) in [6.07, 6.45) is 9.67. The number of aryl methyl sites for hydroxylation is 1. The first-order valence-electron chi connectivity index (χ1n) is 12.3. The largest absolute Gasteiger partial charge is 0.334 e. The van der Waals surface area contributed by atoms with Gasteiger partial charge in [-0.2, -0.15) is 0 Å². The number of carbonyl (C=O) groups excluding carboxylic acids is 2. The van der Waals surface area contributed by atoms with Crippen molar-refractivity contribution in [3.05, 3.63) is 52.1 Å². The fourth-order valence-electron chi connectivity index (χ4n) is 5.55. The molecule has 2 amide bonds. The Labute approximate surface area is 205 Å². The molecule has 8 heteroatoms. The molecule has 3 fully saturated rings. The number of nitrogens with one attached hydrogen (secondary N) is 1. The number of likely N-dealkylation sites (tertiary alicyclic amines) is 1. The molecule has 2 unspecified atom stereocenters. The first-order chi connectivity index (χ1) is 16.4. The predicted octanol–water partition coefficient (Wildman–Crippen LogP) is 4.36. The highest BCUT2D eigenvalue weighted by Crippen LogP contribution is 2.36. The first-order valence-corrected chi connectivity index (χ1v) is 12.7. The summed E-state index contributed by atoms with van der Waals surface area (Å²) in [6.45, 7) is 6.33. The zero-order valence-corrected chi connectivity index (χ0v) is 20.6. The summed E-state index contributed by atoms with van der Waals surface area (Å²) in [5.74, 6) is 1.34. The van der Waals surface area contributed by atoms with Crippen LogP contribution in [0, 0.1) is 19.8 Å². The SMILES string of the molecule is Cc1ncc(C(=O)Nc2cc(Cl)cc(CN3CC4CCC(C3)N4C(=O)CC3CCC3)c2C)cn1. The molecule has 2 aliphatic heterocycles. The molecule has 2 atom stereocenters. The molecule has 3 aliphatic rings. The topological polar surface area (TPSA) is 78.4 Å². The number of amides is 2. The van der Waals surface area contributed by atoms with E-state index < -0.39 is 0 Å². The lowest BCUT2D eigenvalue weighted by Crippen LogP contribution is -2.55. The van der Waals surface area contributed by atoms with Gasteiger partial charge in [-0.3, -0.25) is 14.5 Å². The monoisotopic (exact) mass is 481 g/mol. The number of nitrogens with zero attached hydrogens (tertiary/aromatic N) is 4. The third-order valence-electron chi connectivity index (χ3n) is 7.70. The minimum Gasteiger partial charge on any atom is -0.334 e. The summed E-state index contributed by atoms with van der Waals surface area (Å²) in [5.41, 5.74) is 3.20. The van der Waals surface area contributed by atoms with Gasteiger partial charge in [0, 0.05) is 61.2 Å². The van der Waals surface area contributed by atoms with Crippen LogP contribution in [0.25, 0.3) is 0 Å². The number of anilines is 1. The Morgan fingerprint density at radius 2 is 1.74 bits per heavy atom. The molecule has 180 valence electrons. The lowest BCUT2D eigenvalue weighted by molar-refractivity contribution is -0.138. The number of fused-ring (bicyclic) bond motifs is 2. The minimum atomic E-state index is -0.257. The summed E-state index contributed by atoms with van der Waals surface area (Å²) in [5, 5.41) is 3.56. The van der Waals surface area contributed by atoms with E-state index in [2.05, 4.69) is 25.1 Å². The van der Waals surface area contributed by atoms with Crippen molar-refractivity contribution in [2.75, 3.05) is 18.4 Å². The highest BCUT2D eigenvalue weighted by atomic mass is 35.5. The smallest absolute Gasteiger partial charge is 0.258 e. The van der Waals surface area contributed by atoms with Gasteiger partial charge in [-0.25, -0.2) is 9.97 Å². The summed E-state index contributed by atoms with van der Waals surface area (Å²) in [7, 11) is 0. The van der Waals surface area contributed by atoms with Gasteiger partial charge in [0.1, 0.15) is 5.82 Å². The van der Waals surface area contributed by atoms with Gasteiger partial charge >= 0.3 is 0 Å². The van der Waals surface area contributed by atoms with E-state index in [4.69, 9.17) is 11.6 Å². The molecule has 1 saturated carbocycles. The van der Waals surface area contributed by atoms with Gasteiger partial charge in [0.05, 0.1) is 5.56 Å². The second-order valence-corrected chi connectivity index (χ2v) is 10.5. The second-order valence-electron chi connectivity index (χ2n) is 10.1. The molecular weight excluding hydrogens is 450 g/mol. The Hall–Kier alpha value is -2.51. The summed E-state index contributed by atoms with van der Waals surface area (Å²) >= 11 is 6.44. The van der Waals surface area contributed by atoms with Crippen LogP contribution in [0.5, 0.6) is 0 Å². The van der Waals surface area contributed by atoms with E-state index in [-0.39, 0.29) is 5.91 Å². The van der Waals surface area contributed by atoms with E-state index in [9.17, 15) is 9.59 Å². The Morgan fingerprint density at radius 3 is 2.35 bits per heavy atom. The Morgan fingerprint density at radius 1 is 1.06 bits per heavy atom. The van der Waals surface area contributed by atoms with Crippen molar-refractivity contribution >= 4 is 29.1 Å². The van der Waals surface area contributed by atoms with Crippen LogP contribution < -0.4 is 5.32 Å². The highest BCUT2D eigenvalue weighted by Gasteiger charge is 2.43. The number of hydrogen-bond donors (Lipinski definition) is 1. The summed E-state index contributed by atoms with van der Waals surface area (Å²) in [6, 6.07) is 4.39. The third-order valence-corrected chi connectivity index (χ3v) is 7.92. The van der Waals surface area contributed by atoms with E-state index in [0.717, 1.165) is 50.0 Å². The normalized spacial score (nSPS) is 22.5. The van der Waals surface area contributed by atoms with Gasteiger partial charge in [0.15, 0.2) is 0 Å². The van der Waals surface area contributed by atoms with Gasteiger partial charge < -0.3 is 10.2 Å². The van der Waals surface area contributed by atoms with Crippen LogP contribution in [0.2, 0.25) is 5.02 Å². The van der Waals surface area contributed by atoms with E-state index >= 15 is 0 Å². The number of carbonyl (C=O) groups is 2. The molecule has 7 nitrogen and oxygen atoms in total. The molecule has 1 aromatic carbocycles. The fourth-order valence-corrected chi connectivity index (χ4v) is 5.79. The van der Waals surface area contributed by atoms with Gasteiger partial charge in [0.25, 0.3) is 5.91 Å². The van der Waals surface area contributed by atoms with Crippen LogP contribution in [0.3, 0.4) is 0 Å². The molecule has 5 rings (SSSR count). The maximum absolute atomic E-state index is 12.9. The Balaban J connectivity index is 1.26. The molecule has 0 radical (unpaired) electrons. The second kappa shape index (κ2) is 9.62. The van der Waals surface area contributed by atoms with E-state index in [1.165, 1.54) is 31.7 Å². The predicted molar refractivity (Wildman–Crippen MR) is 132 cm³/mol. The molecule has 34 heavy (non-hydrogen) atoms. The highest BCUT2D eigenvalue weighted by molar-refractivity contribution is 6.31. The van der Waals surface area contributed by atoms with E-state index in [1.54, 1.807) is 13.0 Å². The van der Waals surface area contributed by atoms with Crippen molar-refractivity contribution in [2.24, 2.45) is 5.92 Å². The standard InChI is InChI=1S/C26H32ClN5O2/c1-16-19(9-21(27)10-24(16)30-26(34)20-11-28-17(2)29-12-20)13-31-14-22-6-7-23(15-31)32(22)25(33)8-18-4-3-5-18/h9-12,18,22-23H,3-8,13-15H2,1-2H3,(H,30,34). The van der Waals surface area contributed by atoms with Crippen molar-refractivity contribution in [3.63, 3.8) is 0 Å². The van der Waals surface area contributed by atoms with Crippen LogP contribution in [0.4, 0.5) is 5.69 Å². The molecule has 0 spiro atoms. The third kappa shape index (κ3) is 4.82. The zero-order chi connectivity index (χ0) is 23.8. The van der Waals surface area contributed by atoms with Crippen LogP contribution in [-0.2, 0) is 11.3 Å². The Kier molecular flexibility index (Phi) is 6.58. The molecule has 1 aliphatic carbocycles. The van der Waals surface area contributed by atoms with Crippen molar-refractivity contribution in [3.8, 4) is 0 Å². The van der Waals surface area contributed by atoms with Crippen LogP contribution >= 0.6 is 11.6 Å². The van der Waals surface area contributed by atoms with E-state index in [0.29, 0.717) is 46.0 Å². The van der Waals surface area contributed by atoms with Gasteiger partial charge in [-0.15, -0.1) is 0 Å². The lowest BCUT2D eigenvalue weighted by atomic mass is 9.82. The van der Waals surface area contributed by atoms with Crippen LogP contribution in [0.1, 0.15) is 65.8 Å². The van der Waals surface area contributed by atoms with Crippen molar-refractivity contribution < 1.29 is 9.59 Å². The van der Waals surface area contributed by atoms with Crippen LogP contribution in [-0.4, -0.2) is 56.8 Å². The molecule has 2 aromatic rings. The number of benzene rings is 1. The van der Waals surface area contributed by atoms with Gasteiger partial charge in [-0.1, -0.05) is 18.0 Å². The summed E-state index contributed by atoms with van der Waals surface area (Å²) in [4.78, 5) is 38.5. The number of halogens is 1. The Bertz CT molecular complexity index is 1070. The number of rotatable bonds is 6. The van der Waals surface area contributed by atoms with Crippen molar-refractivity contribution in [1.82, 2.24) is 19.8 Å². The fraction of sp³-hybridized carbons (Fsp3) is 0.538. The number of piperazine rings is 1. The number of hydrogen-bond acceptors (Lipinski definition) is 5.